The molecule has 0 radical (unpaired) electrons. The number of hydrogen-bond acceptors (Lipinski definition) is 13. The molecule has 17 heteroatoms. The van der Waals surface area contributed by atoms with Crippen LogP contribution >= 0.6 is 0 Å². The summed E-state index contributed by atoms with van der Waals surface area (Å²) in [5.74, 6) is -0.718. The predicted octanol–water partition coefficient (Wildman–Crippen LogP) is 4.66. The second kappa shape index (κ2) is 17.1. The molecule has 0 bridgehead atoms. The highest BCUT2D eigenvalue weighted by atomic mass is 16.5. The summed E-state index contributed by atoms with van der Waals surface area (Å²) in [7, 11) is 1.39. The predicted molar refractivity (Wildman–Crippen MR) is 235 cm³/mol. The minimum absolute atomic E-state index is 0.0156. The van der Waals surface area contributed by atoms with E-state index in [2.05, 4.69) is 59.3 Å². The number of carbonyl (C=O) groups is 6. The van der Waals surface area contributed by atoms with Gasteiger partial charge in [-0.3, -0.25) is 39.0 Å². The van der Waals surface area contributed by atoms with Crippen LogP contribution in [0.15, 0.2) is 36.7 Å². The molecule has 3 aliphatic heterocycles. The van der Waals surface area contributed by atoms with Gasteiger partial charge in [0.2, 0.25) is 23.7 Å². The van der Waals surface area contributed by atoms with Gasteiger partial charge in [-0.1, -0.05) is 27.7 Å². The van der Waals surface area contributed by atoms with Crippen LogP contribution in [0.2, 0.25) is 0 Å². The number of methoxy groups -OCH3 is 1. The molecule has 1 atom stereocenters. The first-order valence-electron chi connectivity index (χ1n) is 22.3. The zero-order valence-corrected chi connectivity index (χ0v) is 38.1. The molecule has 2 saturated carbocycles. The van der Waals surface area contributed by atoms with E-state index in [0.29, 0.717) is 61.1 Å². The number of hydrogen-bond donors (Lipinski definition) is 2. The molecule has 8 rings (SSSR count). The molecule has 1 aromatic heterocycles. The van der Waals surface area contributed by atoms with Crippen LogP contribution in [0.1, 0.15) is 121 Å². The fourth-order valence-corrected chi connectivity index (χ4v) is 10.9. The molecule has 0 spiro atoms. The molecule has 4 fully saturated rings. The number of ether oxygens (including phenoxy) is 3. The summed E-state index contributed by atoms with van der Waals surface area (Å²) in [5.41, 5.74) is 2.10. The number of carbonyl (C=O) groups excluding carboxylic acids is 6. The summed E-state index contributed by atoms with van der Waals surface area (Å²) >= 11 is 0. The van der Waals surface area contributed by atoms with Crippen molar-refractivity contribution in [2.24, 2.45) is 16.7 Å². The second-order valence-corrected chi connectivity index (χ2v) is 19.3. The highest BCUT2D eigenvalue weighted by Crippen LogP contribution is 2.55. The van der Waals surface area contributed by atoms with Gasteiger partial charge < -0.3 is 29.3 Å². The lowest BCUT2D eigenvalue weighted by atomic mass is 9.49. The molecule has 65 heavy (non-hydrogen) atoms. The van der Waals surface area contributed by atoms with Crippen molar-refractivity contribution in [3.8, 4) is 23.3 Å². The molecule has 2 aliphatic carbocycles. The maximum absolute atomic E-state index is 13.5. The van der Waals surface area contributed by atoms with E-state index >= 15 is 0 Å². The van der Waals surface area contributed by atoms with Gasteiger partial charge in [0, 0.05) is 87.2 Å². The number of anilines is 1. The van der Waals surface area contributed by atoms with Gasteiger partial charge in [0.25, 0.3) is 17.7 Å². The Hall–Kier alpha value is -6.57. The summed E-state index contributed by atoms with van der Waals surface area (Å²) in [4.78, 5) is 91.6. The van der Waals surface area contributed by atoms with E-state index in [1.54, 1.807) is 25.4 Å². The monoisotopic (exact) mass is 888 g/mol. The van der Waals surface area contributed by atoms with Crippen LogP contribution in [0, 0.1) is 41.9 Å². The number of rotatable bonds is 12. The SMILES string of the molecule is COc1cc(OC2CC(N(CC3CCN(c4ncc(C(=O)NC5C(C)(C)C(Oc6cc(C)c(C#N)c(C)c6)C5(C)C)cn4)CC3)C(C)=O)C2)cc2c1C(=O)N(C1CCC(=O)NC1=O)C2=O. The number of aromatic nitrogens is 2. The average molecular weight is 889 g/mol. The summed E-state index contributed by atoms with van der Waals surface area (Å²) in [5, 5.41) is 14.9. The fourth-order valence-electron chi connectivity index (χ4n) is 10.9. The smallest absolute Gasteiger partial charge is 0.266 e. The van der Waals surface area contributed by atoms with Gasteiger partial charge in [-0.25, -0.2) is 9.97 Å². The molecular formula is C48H56N8O9. The van der Waals surface area contributed by atoms with Gasteiger partial charge in [0.15, 0.2) is 0 Å². The largest absolute Gasteiger partial charge is 0.496 e. The first-order chi connectivity index (χ1) is 30.8. The zero-order valence-electron chi connectivity index (χ0n) is 38.1. The van der Waals surface area contributed by atoms with E-state index in [9.17, 15) is 34.0 Å². The van der Waals surface area contributed by atoms with E-state index < -0.39 is 29.7 Å². The number of nitrogens with zero attached hydrogens (tertiary/aromatic N) is 6. The highest BCUT2D eigenvalue weighted by molar-refractivity contribution is 6.24. The maximum Gasteiger partial charge on any atom is 0.266 e. The number of nitriles is 1. The number of benzene rings is 2. The first-order valence-corrected chi connectivity index (χ1v) is 22.3. The zero-order chi connectivity index (χ0) is 46.7. The van der Waals surface area contributed by atoms with Crippen LogP contribution in [-0.2, 0) is 14.4 Å². The highest BCUT2D eigenvalue weighted by Gasteiger charge is 2.64. The Morgan fingerprint density at radius 1 is 0.923 bits per heavy atom. The normalized spacial score (nSPS) is 24.5. The van der Waals surface area contributed by atoms with E-state index in [1.165, 1.54) is 13.2 Å². The number of fused-ring (bicyclic) bond motifs is 1. The van der Waals surface area contributed by atoms with Gasteiger partial charge in [-0.15, -0.1) is 0 Å². The van der Waals surface area contributed by atoms with E-state index in [4.69, 9.17) is 14.2 Å². The lowest BCUT2D eigenvalue weighted by Crippen LogP contribution is -2.74. The summed E-state index contributed by atoms with van der Waals surface area (Å²) < 4.78 is 18.3. The number of imide groups is 2. The van der Waals surface area contributed by atoms with Crippen LogP contribution in [0.3, 0.4) is 0 Å². The minimum atomic E-state index is -1.10. The summed E-state index contributed by atoms with van der Waals surface area (Å²) in [6.45, 7) is 15.7. The maximum atomic E-state index is 13.5. The molecule has 6 amide bonds. The lowest BCUT2D eigenvalue weighted by molar-refractivity contribution is -0.164. The van der Waals surface area contributed by atoms with E-state index in [1.807, 2.05) is 30.9 Å². The van der Waals surface area contributed by atoms with Crippen molar-refractivity contribution in [2.45, 2.75) is 117 Å². The molecule has 342 valence electrons. The van der Waals surface area contributed by atoms with Gasteiger partial charge >= 0.3 is 0 Å². The molecule has 2 saturated heterocycles. The fraction of sp³-hybridized carbons (Fsp3) is 0.521. The third-order valence-electron chi connectivity index (χ3n) is 14.2. The molecule has 4 heterocycles. The molecule has 3 aromatic rings. The molecule has 5 aliphatic rings. The van der Waals surface area contributed by atoms with Gasteiger partial charge in [-0.05, 0) is 68.4 Å². The molecule has 2 aromatic carbocycles. The Balaban J connectivity index is 0.814. The van der Waals surface area contributed by atoms with Gasteiger partial charge in [0.1, 0.15) is 35.5 Å². The van der Waals surface area contributed by atoms with E-state index in [-0.39, 0.29) is 82.6 Å². The quantitative estimate of drug-likeness (QED) is 0.237. The van der Waals surface area contributed by atoms with Crippen molar-refractivity contribution in [1.82, 2.24) is 30.4 Å². The number of nitrogens with one attached hydrogen (secondary N) is 2. The molecule has 2 N–H and O–H groups in total. The molecular weight excluding hydrogens is 833 g/mol. The second-order valence-electron chi connectivity index (χ2n) is 19.3. The molecule has 1 unspecified atom stereocenters. The number of aryl methyl sites for hydroxylation is 2. The minimum Gasteiger partial charge on any atom is -0.496 e. The van der Waals surface area contributed by atoms with Crippen LogP contribution < -0.4 is 29.7 Å². The van der Waals surface area contributed by atoms with Crippen molar-refractivity contribution in [1.29, 1.82) is 5.26 Å². The van der Waals surface area contributed by atoms with Crippen LogP contribution in [0.5, 0.6) is 17.2 Å². The molecule has 17 nitrogen and oxygen atoms in total. The third kappa shape index (κ3) is 8.23. The van der Waals surface area contributed by atoms with Crippen molar-refractivity contribution in [3.63, 3.8) is 0 Å². The Labute approximate surface area is 378 Å². The summed E-state index contributed by atoms with van der Waals surface area (Å²) in [6.07, 6.45) is 5.60. The van der Waals surface area contributed by atoms with Gasteiger partial charge in [0.05, 0.1) is 35.4 Å². The van der Waals surface area contributed by atoms with Crippen molar-refractivity contribution in [2.75, 3.05) is 31.6 Å². The number of amides is 6. The van der Waals surface area contributed by atoms with Crippen molar-refractivity contribution < 1.29 is 43.0 Å². The van der Waals surface area contributed by atoms with Crippen molar-refractivity contribution >= 4 is 41.4 Å². The lowest BCUT2D eigenvalue weighted by Gasteiger charge is -2.63. The average Bonchev–Trinajstić information content (AvgIpc) is 3.50. The first kappa shape index (κ1) is 45.0. The topological polar surface area (TPSA) is 213 Å². The van der Waals surface area contributed by atoms with Crippen LogP contribution in [0.25, 0.3) is 0 Å². The Morgan fingerprint density at radius 3 is 2.14 bits per heavy atom. The van der Waals surface area contributed by atoms with E-state index in [0.717, 1.165) is 28.9 Å². The summed E-state index contributed by atoms with van der Waals surface area (Å²) in [6, 6.07) is 7.78. The Kier molecular flexibility index (Phi) is 11.8. The third-order valence-corrected chi connectivity index (χ3v) is 14.2. The van der Waals surface area contributed by atoms with Crippen LogP contribution in [0.4, 0.5) is 5.95 Å². The van der Waals surface area contributed by atoms with Gasteiger partial charge in [-0.2, -0.15) is 5.26 Å². The number of piperidine rings is 2. The Morgan fingerprint density at radius 2 is 1.55 bits per heavy atom. The standard InChI is InChI=1S/C48H56N8O9/c1-25-15-31(16-26(2)35(25)21-49)65-45-47(4,5)44(48(45,6)7)53-40(59)29-22-50-46(51-23-29)54-13-11-28(12-14-54)24-55(27(3)57)30-17-32(18-30)64-33-19-34-39(37(20-33)63-8)43(62)56(42(34)61)36-9-10-38(58)52-41(36)60/h15-16,19-20,22-23,28,30,32,36,44-45H,9-14,17-18,24H2,1-8H3,(H,53,59)(H,52,58,60). The van der Waals surface area contributed by atoms with Crippen LogP contribution in [-0.4, -0.2) is 112 Å². The van der Waals surface area contributed by atoms with Crippen molar-refractivity contribution in [3.05, 3.63) is 70.0 Å². The Bertz CT molecular complexity index is 2460.